The molecule has 5 rings (SSSR count). The standard InChI is InChI=1S/C35H35NO/c1-26-9-17-31(18-10-26)36(32-19-11-27(2)12-20-32)33-21-15-30(16-22-33)35(29-7-5-4-6-8-29)25-28-13-23-34(37-3)24-14-28/h4-7,9-15,17-21,23-25,29H,8,16,22H2,1-3H3/b35-25+. The van der Waals surface area contributed by atoms with E-state index >= 15 is 0 Å². The lowest BCUT2D eigenvalue weighted by molar-refractivity contribution is 0.415. The maximum absolute atomic E-state index is 5.36. The second-order valence-electron chi connectivity index (χ2n) is 9.88. The zero-order valence-electron chi connectivity index (χ0n) is 22.0. The summed E-state index contributed by atoms with van der Waals surface area (Å²) in [4.78, 5) is 2.41. The normalized spacial score (nSPS) is 17.3. The molecule has 2 nitrogen and oxygen atoms in total. The summed E-state index contributed by atoms with van der Waals surface area (Å²) in [6, 6.07) is 26.0. The number of rotatable bonds is 7. The first-order valence-electron chi connectivity index (χ1n) is 13.1. The molecule has 0 fully saturated rings. The molecule has 2 aliphatic carbocycles. The van der Waals surface area contributed by atoms with E-state index in [4.69, 9.17) is 4.74 Å². The summed E-state index contributed by atoms with van der Waals surface area (Å²) in [5.41, 5.74) is 10.3. The number of anilines is 2. The summed E-state index contributed by atoms with van der Waals surface area (Å²) in [6.45, 7) is 4.28. The molecule has 0 saturated carbocycles. The Morgan fingerprint density at radius 3 is 1.95 bits per heavy atom. The molecule has 0 aliphatic heterocycles. The molecule has 1 atom stereocenters. The van der Waals surface area contributed by atoms with Crippen LogP contribution in [0, 0.1) is 19.8 Å². The smallest absolute Gasteiger partial charge is 0.118 e. The second-order valence-corrected chi connectivity index (χ2v) is 9.88. The van der Waals surface area contributed by atoms with Crippen LogP contribution in [0.4, 0.5) is 11.4 Å². The fraction of sp³-hybridized carbons (Fsp3) is 0.200. The highest BCUT2D eigenvalue weighted by atomic mass is 16.5. The minimum Gasteiger partial charge on any atom is -0.497 e. The molecular formula is C35H35NO. The van der Waals surface area contributed by atoms with Crippen molar-refractivity contribution in [3.63, 3.8) is 0 Å². The van der Waals surface area contributed by atoms with Crippen molar-refractivity contribution in [2.24, 2.45) is 5.92 Å². The fourth-order valence-electron chi connectivity index (χ4n) is 5.05. The zero-order chi connectivity index (χ0) is 25.6. The van der Waals surface area contributed by atoms with Crippen molar-refractivity contribution in [1.29, 1.82) is 0 Å². The van der Waals surface area contributed by atoms with Gasteiger partial charge in [0.25, 0.3) is 0 Å². The minimum atomic E-state index is 0.388. The number of aryl methyl sites for hydroxylation is 2. The van der Waals surface area contributed by atoms with Crippen molar-refractivity contribution < 1.29 is 4.74 Å². The third kappa shape index (κ3) is 5.86. The molecule has 3 aromatic rings. The van der Waals surface area contributed by atoms with Crippen LogP contribution in [0.25, 0.3) is 6.08 Å². The lowest BCUT2D eigenvalue weighted by Crippen LogP contribution is -2.18. The summed E-state index contributed by atoms with van der Waals surface area (Å²) >= 11 is 0. The summed E-state index contributed by atoms with van der Waals surface area (Å²) in [5, 5.41) is 0. The van der Waals surface area contributed by atoms with Gasteiger partial charge in [0, 0.05) is 23.0 Å². The van der Waals surface area contributed by atoms with Gasteiger partial charge < -0.3 is 9.64 Å². The molecule has 0 aromatic heterocycles. The molecule has 1 unspecified atom stereocenters. The van der Waals surface area contributed by atoms with Gasteiger partial charge in [0.2, 0.25) is 0 Å². The van der Waals surface area contributed by atoms with Gasteiger partial charge in [0.05, 0.1) is 7.11 Å². The fourth-order valence-corrected chi connectivity index (χ4v) is 5.05. The molecular weight excluding hydrogens is 450 g/mol. The number of allylic oxidation sites excluding steroid dienone is 9. The molecule has 3 aromatic carbocycles. The van der Waals surface area contributed by atoms with Crippen molar-refractivity contribution in [3.05, 3.63) is 143 Å². The summed E-state index contributed by atoms with van der Waals surface area (Å²) in [6.07, 6.45) is 19.0. The molecule has 0 N–H and O–H groups in total. The predicted octanol–water partition coefficient (Wildman–Crippen LogP) is 9.27. The number of benzene rings is 3. The quantitative estimate of drug-likeness (QED) is 0.331. The largest absolute Gasteiger partial charge is 0.497 e. The number of methoxy groups -OCH3 is 1. The van der Waals surface area contributed by atoms with Gasteiger partial charge in [-0.2, -0.15) is 0 Å². The van der Waals surface area contributed by atoms with E-state index in [1.807, 2.05) is 12.1 Å². The molecule has 2 aliphatic rings. The van der Waals surface area contributed by atoms with Crippen molar-refractivity contribution in [1.82, 2.24) is 0 Å². The maximum Gasteiger partial charge on any atom is 0.118 e. The Hall–Kier alpha value is -4.04. The van der Waals surface area contributed by atoms with Crippen molar-refractivity contribution in [3.8, 4) is 5.75 Å². The number of hydrogen-bond acceptors (Lipinski definition) is 2. The minimum absolute atomic E-state index is 0.388. The molecule has 0 heterocycles. The Morgan fingerprint density at radius 2 is 1.43 bits per heavy atom. The monoisotopic (exact) mass is 485 g/mol. The predicted molar refractivity (Wildman–Crippen MR) is 157 cm³/mol. The van der Waals surface area contributed by atoms with Crippen LogP contribution in [0.15, 0.2) is 126 Å². The van der Waals surface area contributed by atoms with E-state index in [0.29, 0.717) is 5.92 Å². The lowest BCUT2D eigenvalue weighted by Gasteiger charge is -2.31. The van der Waals surface area contributed by atoms with Crippen LogP contribution in [-0.4, -0.2) is 7.11 Å². The highest BCUT2D eigenvalue weighted by Gasteiger charge is 2.21. The Morgan fingerprint density at radius 1 is 0.784 bits per heavy atom. The molecule has 0 saturated heterocycles. The van der Waals surface area contributed by atoms with Gasteiger partial charge in [-0.15, -0.1) is 0 Å². The summed E-state index contributed by atoms with van der Waals surface area (Å²) in [5.74, 6) is 1.27. The molecule has 37 heavy (non-hydrogen) atoms. The average molecular weight is 486 g/mol. The first kappa shape index (κ1) is 24.6. The highest BCUT2D eigenvalue weighted by Crippen LogP contribution is 2.38. The molecule has 2 heteroatoms. The van der Waals surface area contributed by atoms with Gasteiger partial charge in [0.15, 0.2) is 0 Å². The molecule has 0 amide bonds. The lowest BCUT2D eigenvalue weighted by atomic mass is 9.82. The SMILES string of the molecule is COc1ccc(/C=C(/C2=CC=C(N(c3ccc(C)cc3)c3ccc(C)cc3)CC2)C2C=CC=CC2)cc1. The van der Waals surface area contributed by atoms with Gasteiger partial charge >= 0.3 is 0 Å². The van der Waals surface area contributed by atoms with Crippen LogP contribution in [0.2, 0.25) is 0 Å². The van der Waals surface area contributed by atoms with E-state index < -0.39 is 0 Å². The van der Waals surface area contributed by atoms with E-state index in [1.165, 1.54) is 44.9 Å². The number of nitrogens with zero attached hydrogens (tertiary/aromatic N) is 1. The summed E-state index contributed by atoms with van der Waals surface area (Å²) in [7, 11) is 1.71. The van der Waals surface area contributed by atoms with Crippen LogP contribution in [0.5, 0.6) is 5.75 Å². The Balaban J connectivity index is 1.52. The van der Waals surface area contributed by atoms with Crippen LogP contribution >= 0.6 is 0 Å². The second kappa shape index (κ2) is 11.3. The van der Waals surface area contributed by atoms with Gasteiger partial charge in [-0.05, 0) is 92.3 Å². The molecule has 0 bridgehead atoms. The Labute approximate surface area is 221 Å². The van der Waals surface area contributed by atoms with E-state index in [-0.39, 0.29) is 0 Å². The average Bonchev–Trinajstić information content (AvgIpc) is 2.95. The van der Waals surface area contributed by atoms with E-state index in [9.17, 15) is 0 Å². The molecule has 0 spiro atoms. The van der Waals surface area contributed by atoms with Crippen molar-refractivity contribution in [2.45, 2.75) is 33.1 Å². The third-order valence-electron chi connectivity index (χ3n) is 7.19. The maximum atomic E-state index is 5.36. The molecule has 186 valence electrons. The van der Waals surface area contributed by atoms with Gasteiger partial charge in [-0.25, -0.2) is 0 Å². The Bertz CT molecular complexity index is 1320. The van der Waals surface area contributed by atoms with Crippen LogP contribution < -0.4 is 9.64 Å². The Kier molecular flexibility index (Phi) is 7.56. The van der Waals surface area contributed by atoms with Crippen molar-refractivity contribution in [2.75, 3.05) is 12.0 Å². The first-order valence-corrected chi connectivity index (χ1v) is 13.1. The number of hydrogen-bond donors (Lipinski definition) is 0. The number of ether oxygens (including phenoxy) is 1. The van der Waals surface area contributed by atoms with Gasteiger partial charge in [-0.3, -0.25) is 0 Å². The highest BCUT2D eigenvalue weighted by molar-refractivity contribution is 5.70. The first-order chi connectivity index (χ1) is 18.1. The van der Waals surface area contributed by atoms with E-state index in [1.54, 1.807) is 7.11 Å². The van der Waals surface area contributed by atoms with E-state index in [2.05, 4.69) is 122 Å². The van der Waals surface area contributed by atoms with Crippen molar-refractivity contribution >= 4 is 17.5 Å². The topological polar surface area (TPSA) is 12.5 Å². The van der Waals surface area contributed by atoms with Crippen LogP contribution in [-0.2, 0) is 0 Å². The third-order valence-corrected chi connectivity index (χ3v) is 7.19. The molecule has 0 radical (unpaired) electrons. The van der Waals surface area contributed by atoms with Crippen LogP contribution in [0.3, 0.4) is 0 Å². The van der Waals surface area contributed by atoms with E-state index in [0.717, 1.165) is 25.0 Å². The van der Waals surface area contributed by atoms with Gasteiger partial charge in [0.1, 0.15) is 5.75 Å². The summed E-state index contributed by atoms with van der Waals surface area (Å²) < 4.78 is 5.36. The zero-order valence-corrected chi connectivity index (χ0v) is 22.0. The van der Waals surface area contributed by atoms with Crippen LogP contribution in [0.1, 0.15) is 36.0 Å². The van der Waals surface area contributed by atoms with Gasteiger partial charge in [-0.1, -0.05) is 84.0 Å².